The van der Waals surface area contributed by atoms with Crippen LogP contribution in [0.2, 0.25) is 10.0 Å². The number of alkyl halides is 3. The predicted octanol–water partition coefficient (Wildman–Crippen LogP) is 7.40. The fourth-order valence-corrected chi connectivity index (χ4v) is 7.48. The molecule has 15 heteroatoms. The van der Waals surface area contributed by atoms with Crippen LogP contribution in [0, 0.1) is 18.3 Å². The molecule has 3 aromatic rings. The Hall–Kier alpha value is -3.50. The molecular formula is C30H26Cl3F2N5O4S. The zero-order chi connectivity index (χ0) is 32.8. The molecule has 0 aliphatic carbocycles. The molecule has 1 saturated heterocycles. The molecule has 0 spiro atoms. The molecule has 1 fully saturated rings. The quantitative estimate of drug-likeness (QED) is 0.249. The number of H-pyrrole nitrogens is 1. The maximum absolute atomic E-state index is 14.2. The van der Waals surface area contributed by atoms with E-state index in [2.05, 4.69) is 6.07 Å². The molecule has 0 saturated carbocycles. The van der Waals surface area contributed by atoms with E-state index in [1.54, 1.807) is 24.0 Å². The van der Waals surface area contributed by atoms with Crippen LogP contribution in [0.25, 0.3) is 0 Å². The minimum absolute atomic E-state index is 0.0853. The molecule has 9 nitrogen and oxygen atoms in total. The summed E-state index contributed by atoms with van der Waals surface area (Å²) in [5.41, 5.74) is -0.825. The molecule has 5 rings (SSSR count). The summed E-state index contributed by atoms with van der Waals surface area (Å²) in [5, 5.41) is 17.3. The first-order valence-corrected chi connectivity index (χ1v) is 15.8. The first-order chi connectivity index (χ1) is 21.3. The average molecular weight is 697 g/mol. The molecule has 236 valence electrons. The minimum Gasteiger partial charge on any atom is -0.505 e. The fourth-order valence-electron chi connectivity index (χ4n) is 5.74. The minimum atomic E-state index is -3.96. The number of phenolic OH excluding ortho intramolecular Hbond substituents is 1. The Labute approximate surface area is 276 Å². The van der Waals surface area contributed by atoms with Gasteiger partial charge >= 0.3 is 11.4 Å². The van der Waals surface area contributed by atoms with Crippen LogP contribution >= 0.6 is 46.6 Å². The van der Waals surface area contributed by atoms with Gasteiger partial charge in [-0.1, -0.05) is 41.0 Å². The van der Waals surface area contributed by atoms with Gasteiger partial charge in [0.1, 0.15) is 17.0 Å². The number of carbonyl (C=O) groups excluding carboxylic acids is 2. The lowest BCUT2D eigenvalue weighted by Gasteiger charge is -2.35. The molecule has 0 unspecified atom stereocenters. The van der Waals surface area contributed by atoms with Crippen molar-refractivity contribution in [3.05, 3.63) is 78.7 Å². The lowest BCUT2D eigenvalue weighted by molar-refractivity contribution is 0.0684. The lowest BCUT2D eigenvalue weighted by atomic mass is 9.95. The second kappa shape index (κ2) is 12.7. The topological polar surface area (TPSA) is 121 Å². The maximum atomic E-state index is 14.2. The Kier molecular flexibility index (Phi) is 9.29. The van der Waals surface area contributed by atoms with Crippen LogP contribution < -0.4 is 10.5 Å². The molecule has 3 heterocycles. The van der Waals surface area contributed by atoms with E-state index in [0.717, 1.165) is 17.8 Å². The Morgan fingerprint density at radius 3 is 2.53 bits per heavy atom. The van der Waals surface area contributed by atoms with Crippen molar-refractivity contribution in [3.8, 4) is 11.8 Å². The molecule has 2 aliphatic heterocycles. The third kappa shape index (κ3) is 6.06. The highest BCUT2D eigenvalue weighted by Crippen LogP contribution is 2.47. The summed E-state index contributed by atoms with van der Waals surface area (Å²) in [7, 11) is 0. The molecule has 2 aliphatic rings. The summed E-state index contributed by atoms with van der Waals surface area (Å²) in [6.45, 7) is 4.87. The van der Waals surface area contributed by atoms with Crippen LogP contribution in [-0.2, 0) is 11.9 Å². The summed E-state index contributed by atoms with van der Waals surface area (Å²) in [4.78, 5) is 47.2. The summed E-state index contributed by atoms with van der Waals surface area (Å²) in [6.07, 6.45) is 0.492. The zero-order valence-electron chi connectivity index (χ0n) is 24.0. The number of hydrogen-bond acceptors (Lipinski definition) is 6. The van der Waals surface area contributed by atoms with Gasteiger partial charge in [-0.3, -0.25) is 14.5 Å². The Balaban J connectivity index is 1.61. The third-order valence-electron chi connectivity index (χ3n) is 7.89. The van der Waals surface area contributed by atoms with Gasteiger partial charge in [-0.2, -0.15) is 14.0 Å². The van der Waals surface area contributed by atoms with Crippen molar-refractivity contribution in [3.63, 3.8) is 0 Å². The van der Waals surface area contributed by atoms with Crippen LogP contribution in [0.15, 0.2) is 44.9 Å². The molecule has 1 atom stereocenters. The summed E-state index contributed by atoms with van der Waals surface area (Å²) in [5.74, 6) is -1.01. The molecule has 2 aromatic carbocycles. The molecule has 45 heavy (non-hydrogen) atoms. The number of hydrogen-bond donors (Lipinski definition) is 2. The average Bonchev–Trinajstić information content (AvgIpc) is 3.34. The number of urea groups is 1. The SMILES string of the molecule is CCN1CCCN(c2cc3c(c(C)c2O)[C@H](CC#N)N(C(=O)c2c(Sc4c(Cl)cccc4Cl)cc(C(F)(F)Cl)[nH]c2=O)C3)C1=O. The highest BCUT2D eigenvalue weighted by molar-refractivity contribution is 7.99. The van der Waals surface area contributed by atoms with Gasteiger partial charge < -0.3 is 19.9 Å². The Morgan fingerprint density at radius 1 is 1.22 bits per heavy atom. The molecular weight excluding hydrogens is 671 g/mol. The summed E-state index contributed by atoms with van der Waals surface area (Å²) in [6, 6.07) is 8.02. The Bertz CT molecular complexity index is 1790. The van der Waals surface area contributed by atoms with Gasteiger partial charge in [-0.05, 0) is 72.8 Å². The highest BCUT2D eigenvalue weighted by atomic mass is 35.5. The number of rotatable bonds is 7. The van der Waals surface area contributed by atoms with Gasteiger partial charge in [-0.15, -0.1) is 0 Å². The van der Waals surface area contributed by atoms with Gasteiger partial charge in [0.25, 0.3) is 11.5 Å². The predicted molar refractivity (Wildman–Crippen MR) is 168 cm³/mol. The van der Waals surface area contributed by atoms with Crippen molar-refractivity contribution < 1.29 is 23.5 Å². The van der Waals surface area contributed by atoms with E-state index >= 15 is 0 Å². The number of nitrogens with one attached hydrogen (secondary N) is 1. The van der Waals surface area contributed by atoms with E-state index in [1.165, 1.54) is 21.9 Å². The smallest absolute Gasteiger partial charge is 0.362 e. The van der Waals surface area contributed by atoms with Gasteiger partial charge in [0, 0.05) is 36.0 Å². The Morgan fingerprint density at radius 2 is 1.91 bits per heavy atom. The number of phenols is 1. The van der Waals surface area contributed by atoms with Crippen LogP contribution in [0.4, 0.5) is 19.3 Å². The largest absolute Gasteiger partial charge is 0.505 e. The normalized spacial score (nSPS) is 16.6. The van der Waals surface area contributed by atoms with Crippen LogP contribution in [0.3, 0.4) is 0 Å². The molecule has 0 bridgehead atoms. The second-order valence-corrected chi connectivity index (χ2v) is 12.9. The van der Waals surface area contributed by atoms with Crippen molar-refractivity contribution in [1.82, 2.24) is 14.8 Å². The van der Waals surface area contributed by atoms with E-state index in [0.29, 0.717) is 42.7 Å². The number of halogens is 5. The van der Waals surface area contributed by atoms with E-state index in [-0.39, 0.29) is 50.3 Å². The second-order valence-electron chi connectivity index (χ2n) is 10.5. The van der Waals surface area contributed by atoms with Gasteiger partial charge in [0.15, 0.2) is 0 Å². The number of amides is 3. The van der Waals surface area contributed by atoms with Crippen molar-refractivity contribution in [2.75, 3.05) is 24.5 Å². The van der Waals surface area contributed by atoms with E-state index in [9.17, 15) is 33.5 Å². The first kappa shape index (κ1) is 32.9. The molecule has 1 aromatic heterocycles. The number of anilines is 1. The highest BCUT2D eigenvalue weighted by Gasteiger charge is 2.41. The lowest BCUT2D eigenvalue weighted by Crippen LogP contribution is -2.49. The molecule has 3 amide bonds. The van der Waals surface area contributed by atoms with Gasteiger partial charge in [0.05, 0.1) is 34.3 Å². The van der Waals surface area contributed by atoms with Crippen molar-refractivity contribution in [2.45, 2.75) is 54.4 Å². The van der Waals surface area contributed by atoms with Crippen molar-refractivity contribution >= 4 is 64.2 Å². The summed E-state index contributed by atoms with van der Waals surface area (Å²) < 4.78 is 28.4. The number of benzene rings is 2. The van der Waals surface area contributed by atoms with E-state index < -0.39 is 34.1 Å². The number of aromatic nitrogens is 1. The number of aromatic amines is 1. The van der Waals surface area contributed by atoms with Crippen molar-refractivity contribution in [2.24, 2.45) is 0 Å². The molecule has 0 radical (unpaired) electrons. The van der Waals surface area contributed by atoms with Crippen LogP contribution in [0.1, 0.15) is 58.5 Å². The van der Waals surface area contributed by atoms with E-state index in [1.807, 2.05) is 11.9 Å². The first-order valence-electron chi connectivity index (χ1n) is 13.8. The fraction of sp³-hybridized carbons (Fsp3) is 0.333. The number of carbonyl (C=O) groups is 2. The van der Waals surface area contributed by atoms with Crippen LogP contribution in [-0.4, -0.2) is 51.5 Å². The number of pyridine rings is 1. The third-order valence-corrected chi connectivity index (χ3v) is 10.1. The number of nitriles is 1. The van der Waals surface area contributed by atoms with Crippen molar-refractivity contribution in [1.29, 1.82) is 5.26 Å². The van der Waals surface area contributed by atoms with Gasteiger partial charge in [0.2, 0.25) is 0 Å². The summed E-state index contributed by atoms with van der Waals surface area (Å²) >= 11 is 18.6. The number of fused-ring (bicyclic) bond motifs is 1. The van der Waals surface area contributed by atoms with E-state index in [4.69, 9.17) is 34.8 Å². The standard InChI is InChI=1S/C30H26Cl3F2N5O4S/c1-3-38-10-5-11-39(29(38)44)20-12-16-14-40(19(8-9-36)23(16)15(2)25(20)41)28(43)24-21(13-22(30(33,34)35)37-27(24)42)45-26-17(31)6-4-7-18(26)32/h4,6-7,12-13,19,41H,3,5,8,10-11,14H2,1-2H3,(H,37,42)/t19-/m0/s1. The van der Waals surface area contributed by atoms with Gasteiger partial charge in [-0.25, -0.2) is 4.79 Å². The molecule has 2 N–H and O–H groups in total. The monoisotopic (exact) mass is 695 g/mol. The number of aromatic hydroxyl groups is 1. The number of nitrogens with zero attached hydrogens (tertiary/aromatic N) is 4. The zero-order valence-corrected chi connectivity index (χ0v) is 27.0. The maximum Gasteiger partial charge on any atom is 0.362 e. The van der Waals surface area contributed by atoms with Crippen LogP contribution in [0.5, 0.6) is 5.75 Å².